The minimum absolute atomic E-state index is 0.156. The second-order valence-corrected chi connectivity index (χ2v) is 4.83. The molecule has 0 saturated carbocycles. The lowest BCUT2D eigenvalue weighted by Gasteiger charge is -2.14. The van der Waals surface area contributed by atoms with Gasteiger partial charge in [0.2, 0.25) is 0 Å². The Morgan fingerprint density at radius 1 is 1.45 bits per heavy atom. The van der Waals surface area contributed by atoms with Gasteiger partial charge in [-0.3, -0.25) is 9.63 Å². The SMILES string of the molecule is COc1ccc2c(c1)cc(C(=O)N1CC(O)CO1)n2C. The zero-order chi connectivity index (χ0) is 14.3. The van der Waals surface area contributed by atoms with Crippen LogP contribution in [-0.4, -0.2) is 47.0 Å². The minimum atomic E-state index is -0.617. The molecule has 1 aliphatic rings. The summed E-state index contributed by atoms with van der Waals surface area (Å²) in [5, 5.41) is 11.6. The Morgan fingerprint density at radius 3 is 2.90 bits per heavy atom. The molecule has 1 atom stereocenters. The first-order chi connectivity index (χ1) is 9.60. The van der Waals surface area contributed by atoms with E-state index in [-0.39, 0.29) is 19.1 Å². The largest absolute Gasteiger partial charge is 0.497 e. The lowest BCUT2D eigenvalue weighted by Crippen LogP contribution is -2.29. The Morgan fingerprint density at radius 2 is 2.25 bits per heavy atom. The van der Waals surface area contributed by atoms with Crippen LogP contribution in [-0.2, 0) is 11.9 Å². The van der Waals surface area contributed by atoms with Crippen molar-refractivity contribution in [1.29, 1.82) is 0 Å². The van der Waals surface area contributed by atoms with Crippen LogP contribution in [0.2, 0.25) is 0 Å². The zero-order valence-electron chi connectivity index (χ0n) is 11.4. The fourth-order valence-corrected chi connectivity index (χ4v) is 2.40. The van der Waals surface area contributed by atoms with Crippen molar-refractivity contribution in [2.24, 2.45) is 7.05 Å². The van der Waals surface area contributed by atoms with E-state index in [4.69, 9.17) is 9.57 Å². The third-order valence-corrected chi connectivity index (χ3v) is 3.49. The molecule has 0 bridgehead atoms. The Balaban J connectivity index is 1.99. The first-order valence-electron chi connectivity index (χ1n) is 6.36. The molecule has 1 aromatic carbocycles. The maximum Gasteiger partial charge on any atom is 0.294 e. The van der Waals surface area contributed by atoms with E-state index in [1.54, 1.807) is 13.2 Å². The molecule has 106 valence electrons. The molecule has 6 heteroatoms. The summed E-state index contributed by atoms with van der Waals surface area (Å²) in [5.41, 5.74) is 1.45. The number of benzene rings is 1. The number of hydroxylamine groups is 2. The van der Waals surface area contributed by atoms with E-state index in [1.807, 2.05) is 29.8 Å². The molecule has 20 heavy (non-hydrogen) atoms. The zero-order valence-corrected chi connectivity index (χ0v) is 11.4. The van der Waals surface area contributed by atoms with Crippen LogP contribution in [0, 0.1) is 0 Å². The van der Waals surface area contributed by atoms with Crippen molar-refractivity contribution in [3.05, 3.63) is 30.0 Å². The average molecular weight is 276 g/mol. The minimum Gasteiger partial charge on any atom is -0.497 e. The second kappa shape index (κ2) is 4.81. The molecule has 1 fully saturated rings. The van der Waals surface area contributed by atoms with Crippen molar-refractivity contribution < 1.29 is 19.5 Å². The lowest BCUT2D eigenvalue weighted by atomic mass is 10.2. The predicted molar refractivity (Wildman–Crippen MR) is 72.5 cm³/mol. The van der Waals surface area contributed by atoms with Crippen LogP contribution in [0.4, 0.5) is 0 Å². The van der Waals surface area contributed by atoms with E-state index in [0.717, 1.165) is 16.7 Å². The molecule has 1 N–H and O–H groups in total. The molecule has 1 amide bonds. The van der Waals surface area contributed by atoms with Crippen molar-refractivity contribution in [1.82, 2.24) is 9.63 Å². The van der Waals surface area contributed by atoms with Crippen LogP contribution in [0.15, 0.2) is 24.3 Å². The third kappa shape index (κ3) is 2.03. The van der Waals surface area contributed by atoms with Gasteiger partial charge in [0.05, 0.1) is 13.7 Å². The van der Waals surface area contributed by atoms with Crippen molar-refractivity contribution in [2.75, 3.05) is 20.3 Å². The molecule has 3 rings (SSSR count). The number of ether oxygens (including phenoxy) is 1. The number of aliphatic hydroxyl groups is 1. The lowest BCUT2D eigenvalue weighted by molar-refractivity contribution is -0.0784. The normalized spacial score (nSPS) is 18.8. The van der Waals surface area contributed by atoms with E-state index in [1.165, 1.54) is 5.06 Å². The van der Waals surface area contributed by atoms with Crippen LogP contribution in [0.3, 0.4) is 0 Å². The highest BCUT2D eigenvalue weighted by molar-refractivity contribution is 5.98. The summed E-state index contributed by atoms with van der Waals surface area (Å²) in [6.45, 7) is 0.354. The van der Waals surface area contributed by atoms with E-state index in [2.05, 4.69) is 0 Å². The topological polar surface area (TPSA) is 63.9 Å². The van der Waals surface area contributed by atoms with E-state index in [9.17, 15) is 9.90 Å². The highest BCUT2D eigenvalue weighted by Gasteiger charge is 2.28. The van der Waals surface area contributed by atoms with Crippen LogP contribution >= 0.6 is 0 Å². The highest BCUT2D eigenvalue weighted by atomic mass is 16.7. The van der Waals surface area contributed by atoms with Gasteiger partial charge in [-0.15, -0.1) is 0 Å². The van der Waals surface area contributed by atoms with E-state index < -0.39 is 6.10 Å². The number of β-amino-alcohol motifs (C(OH)–C–C–N with tert-alkyl or cyclic N) is 1. The molecule has 6 nitrogen and oxygen atoms in total. The summed E-state index contributed by atoms with van der Waals surface area (Å²) in [5.74, 6) is 0.495. The summed E-state index contributed by atoms with van der Waals surface area (Å²) < 4.78 is 6.99. The molecule has 2 heterocycles. The number of carbonyl (C=O) groups excluding carboxylic acids is 1. The molecule has 0 spiro atoms. The fraction of sp³-hybridized carbons (Fsp3) is 0.357. The van der Waals surface area contributed by atoms with Gasteiger partial charge in [0.25, 0.3) is 5.91 Å². The number of aryl methyl sites for hydroxylation is 1. The second-order valence-electron chi connectivity index (χ2n) is 4.83. The Bertz CT molecular complexity index is 664. The molecule has 1 aliphatic heterocycles. The number of rotatable bonds is 2. The molecule has 1 unspecified atom stereocenters. The summed E-state index contributed by atoms with van der Waals surface area (Å²) in [4.78, 5) is 17.5. The van der Waals surface area contributed by atoms with Crippen molar-refractivity contribution in [3.63, 3.8) is 0 Å². The van der Waals surface area contributed by atoms with Gasteiger partial charge in [0, 0.05) is 18.0 Å². The molecule has 0 aliphatic carbocycles. The van der Waals surface area contributed by atoms with E-state index >= 15 is 0 Å². The molecule has 1 saturated heterocycles. The first-order valence-corrected chi connectivity index (χ1v) is 6.36. The number of hydrogen-bond donors (Lipinski definition) is 1. The first kappa shape index (κ1) is 13.0. The van der Waals surface area contributed by atoms with Gasteiger partial charge in [-0.1, -0.05) is 0 Å². The molecule has 0 radical (unpaired) electrons. The molecular weight excluding hydrogens is 260 g/mol. The average Bonchev–Trinajstić information content (AvgIpc) is 3.02. The Kier molecular flexibility index (Phi) is 3.11. The molecule has 1 aromatic heterocycles. The van der Waals surface area contributed by atoms with Gasteiger partial charge in [-0.2, -0.15) is 0 Å². The number of nitrogens with zero attached hydrogens (tertiary/aromatic N) is 2. The highest BCUT2D eigenvalue weighted by Crippen LogP contribution is 2.25. The fourth-order valence-electron chi connectivity index (χ4n) is 2.40. The standard InChI is InChI=1S/C14H16N2O4/c1-15-12-4-3-11(19-2)5-9(12)6-13(15)14(18)16-7-10(17)8-20-16/h3-6,10,17H,7-8H2,1-2H3. The van der Waals surface area contributed by atoms with E-state index in [0.29, 0.717) is 5.69 Å². The number of aliphatic hydroxyl groups excluding tert-OH is 1. The molecular formula is C14H16N2O4. The number of aromatic nitrogens is 1. The van der Waals surface area contributed by atoms with Crippen molar-refractivity contribution >= 4 is 16.8 Å². The number of hydrogen-bond acceptors (Lipinski definition) is 4. The maximum atomic E-state index is 12.4. The quantitative estimate of drug-likeness (QED) is 0.886. The number of carbonyl (C=O) groups is 1. The van der Waals surface area contributed by atoms with Crippen LogP contribution in [0.25, 0.3) is 10.9 Å². The van der Waals surface area contributed by atoms with Gasteiger partial charge in [0.1, 0.15) is 24.2 Å². The van der Waals surface area contributed by atoms with Gasteiger partial charge in [0.15, 0.2) is 0 Å². The monoisotopic (exact) mass is 276 g/mol. The summed E-state index contributed by atoms with van der Waals surface area (Å²) in [7, 11) is 3.43. The summed E-state index contributed by atoms with van der Waals surface area (Å²) in [6.07, 6.45) is -0.617. The van der Waals surface area contributed by atoms with Gasteiger partial charge in [-0.25, -0.2) is 5.06 Å². The van der Waals surface area contributed by atoms with Crippen LogP contribution < -0.4 is 4.74 Å². The van der Waals surface area contributed by atoms with Gasteiger partial charge >= 0.3 is 0 Å². The van der Waals surface area contributed by atoms with Crippen LogP contribution in [0.5, 0.6) is 5.75 Å². The number of methoxy groups -OCH3 is 1. The maximum absolute atomic E-state index is 12.4. The predicted octanol–water partition coefficient (Wildman–Crippen LogP) is 0.935. The van der Waals surface area contributed by atoms with Crippen molar-refractivity contribution in [3.8, 4) is 5.75 Å². The molecule has 2 aromatic rings. The van der Waals surface area contributed by atoms with Crippen molar-refractivity contribution in [2.45, 2.75) is 6.10 Å². The summed E-state index contributed by atoms with van der Waals surface area (Å²) in [6, 6.07) is 7.44. The third-order valence-electron chi connectivity index (χ3n) is 3.49. The number of fused-ring (bicyclic) bond motifs is 1. The number of amides is 1. The summed E-state index contributed by atoms with van der Waals surface area (Å²) >= 11 is 0. The Hall–Kier alpha value is -2.05. The smallest absolute Gasteiger partial charge is 0.294 e. The Labute approximate surface area is 116 Å². The van der Waals surface area contributed by atoms with Gasteiger partial charge in [-0.05, 0) is 24.3 Å². The van der Waals surface area contributed by atoms with Gasteiger partial charge < -0.3 is 14.4 Å². The van der Waals surface area contributed by atoms with Crippen LogP contribution in [0.1, 0.15) is 10.5 Å².